The van der Waals surface area contributed by atoms with Gasteiger partial charge >= 0.3 is 5.97 Å². The number of anilines is 1. The van der Waals surface area contributed by atoms with Crippen LogP contribution in [0.15, 0.2) is 47.1 Å². The van der Waals surface area contributed by atoms with Crippen LogP contribution in [0.25, 0.3) is 0 Å². The number of hydrogen-bond acceptors (Lipinski definition) is 6. The van der Waals surface area contributed by atoms with Crippen molar-refractivity contribution in [3.05, 3.63) is 58.3 Å². The predicted octanol–water partition coefficient (Wildman–Crippen LogP) is 5.06. The highest BCUT2D eigenvalue weighted by Gasteiger charge is 2.50. The number of rotatable bonds is 6. The number of ether oxygens (including phenoxy) is 3. The Kier molecular flexibility index (Phi) is 6.88. The molecular formula is C25H29BrN2O5. The molecule has 7 nitrogen and oxygen atoms in total. The van der Waals surface area contributed by atoms with Gasteiger partial charge in [-0.05, 0) is 85.4 Å². The van der Waals surface area contributed by atoms with Crippen LogP contribution < -0.4 is 5.32 Å². The molecule has 1 unspecified atom stereocenters. The van der Waals surface area contributed by atoms with E-state index in [2.05, 4.69) is 26.2 Å². The molecule has 1 saturated heterocycles. The molecule has 2 aromatic rings. The van der Waals surface area contributed by atoms with E-state index in [9.17, 15) is 9.59 Å². The van der Waals surface area contributed by atoms with Crippen LogP contribution in [0, 0.1) is 5.92 Å². The Morgan fingerprint density at radius 1 is 1.15 bits per heavy atom. The van der Waals surface area contributed by atoms with Gasteiger partial charge in [0, 0.05) is 29.2 Å². The number of nitrogens with zero attached hydrogens (tertiary/aromatic N) is 1. The number of hydrogen-bond donors (Lipinski definition) is 1. The van der Waals surface area contributed by atoms with E-state index in [0.29, 0.717) is 36.8 Å². The van der Waals surface area contributed by atoms with Crippen LogP contribution in [0.3, 0.4) is 0 Å². The molecular weight excluding hydrogens is 488 g/mol. The van der Waals surface area contributed by atoms with Crippen molar-refractivity contribution in [3.63, 3.8) is 0 Å². The number of benzene rings is 1. The molecule has 0 radical (unpaired) electrons. The average Bonchev–Trinajstić information content (AvgIpc) is 3.21. The molecule has 0 bridgehead atoms. The van der Waals surface area contributed by atoms with Crippen molar-refractivity contribution in [1.29, 1.82) is 0 Å². The van der Waals surface area contributed by atoms with Crippen molar-refractivity contribution in [3.8, 4) is 0 Å². The number of nitrogens with one attached hydrogen (secondary N) is 1. The molecule has 1 spiro atoms. The van der Waals surface area contributed by atoms with Gasteiger partial charge in [0.1, 0.15) is 5.60 Å². The molecule has 1 amide bonds. The lowest BCUT2D eigenvalue weighted by atomic mass is 9.73. The van der Waals surface area contributed by atoms with Gasteiger partial charge in [0.2, 0.25) is 5.91 Å². The Morgan fingerprint density at radius 2 is 1.82 bits per heavy atom. The lowest BCUT2D eigenvalue weighted by molar-refractivity contribution is -0.231. The van der Waals surface area contributed by atoms with Gasteiger partial charge in [-0.2, -0.15) is 0 Å². The highest BCUT2D eigenvalue weighted by Crippen LogP contribution is 2.48. The third-order valence-electron chi connectivity index (χ3n) is 5.79. The Balaban J connectivity index is 1.43. The van der Waals surface area contributed by atoms with Gasteiger partial charge in [-0.15, -0.1) is 0 Å². The number of carbonyl (C=O) groups excluding carboxylic acids is 2. The van der Waals surface area contributed by atoms with Crippen LogP contribution >= 0.6 is 15.9 Å². The van der Waals surface area contributed by atoms with Gasteiger partial charge in [-0.3, -0.25) is 9.78 Å². The fraction of sp³-hybridized carbons (Fsp3) is 0.480. The second kappa shape index (κ2) is 9.52. The van der Waals surface area contributed by atoms with Gasteiger partial charge in [0.25, 0.3) is 0 Å². The van der Waals surface area contributed by atoms with E-state index < -0.39 is 23.3 Å². The summed E-state index contributed by atoms with van der Waals surface area (Å²) in [7, 11) is 0. The van der Waals surface area contributed by atoms with Crippen LogP contribution in [-0.2, 0) is 19.0 Å². The third kappa shape index (κ3) is 5.99. The van der Waals surface area contributed by atoms with E-state index in [1.165, 1.54) is 0 Å². The van der Waals surface area contributed by atoms with Gasteiger partial charge in [-0.25, -0.2) is 4.79 Å². The van der Waals surface area contributed by atoms with Crippen molar-refractivity contribution >= 4 is 33.5 Å². The molecule has 1 aliphatic heterocycles. The zero-order chi connectivity index (χ0) is 23.6. The lowest BCUT2D eigenvalue weighted by Crippen LogP contribution is -2.45. The lowest BCUT2D eigenvalue weighted by Gasteiger charge is -2.43. The summed E-state index contributed by atoms with van der Waals surface area (Å²) in [4.78, 5) is 30.0. The molecule has 2 heterocycles. The fourth-order valence-electron chi connectivity index (χ4n) is 4.26. The molecule has 2 aliphatic rings. The van der Waals surface area contributed by atoms with Crippen LogP contribution in [0.5, 0.6) is 0 Å². The highest BCUT2D eigenvalue weighted by atomic mass is 79.9. The van der Waals surface area contributed by atoms with Crippen molar-refractivity contribution in [2.75, 3.05) is 18.5 Å². The van der Waals surface area contributed by atoms with Gasteiger partial charge in [0.05, 0.1) is 30.4 Å². The SMILES string of the molecule is CC(C)(C)OC(=O)c1ccc(NC(=O)C(CC2CC3(C2)OCCO3)c2ccc(Br)cn2)cc1. The number of aromatic nitrogens is 1. The maximum absolute atomic E-state index is 13.3. The Labute approximate surface area is 202 Å². The van der Waals surface area contributed by atoms with Crippen LogP contribution in [0.1, 0.15) is 62.0 Å². The molecule has 1 aromatic carbocycles. The van der Waals surface area contributed by atoms with E-state index in [1.807, 2.05) is 32.9 Å². The largest absolute Gasteiger partial charge is 0.456 e. The van der Waals surface area contributed by atoms with Crippen molar-refractivity contribution in [1.82, 2.24) is 4.98 Å². The van der Waals surface area contributed by atoms with Crippen LogP contribution in [-0.4, -0.2) is 41.5 Å². The molecule has 1 N–H and O–H groups in total. The summed E-state index contributed by atoms with van der Waals surface area (Å²) in [5, 5.41) is 2.98. The van der Waals surface area contributed by atoms with E-state index in [1.54, 1.807) is 30.5 Å². The number of halogens is 1. The molecule has 176 valence electrons. The zero-order valence-electron chi connectivity index (χ0n) is 19.1. The standard InChI is InChI=1S/C25H29BrN2O5/c1-24(2,3)33-23(30)17-4-7-19(8-5-17)28-22(29)20(21-9-6-18(26)15-27-21)12-16-13-25(14-16)31-10-11-32-25/h4-9,15-16,20H,10-14H2,1-3H3,(H,28,29). The number of pyridine rings is 1. The quantitative estimate of drug-likeness (QED) is 0.539. The number of amides is 1. The van der Waals surface area contributed by atoms with Crippen molar-refractivity contribution in [2.24, 2.45) is 5.92 Å². The second-order valence-corrected chi connectivity index (χ2v) is 10.6. The maximum Gasteiger partial charge on any atom is 0.338 e. The summed E-state index contributed by atoms with van der Waals surface area (Å²) in [5.41, 5.74) is 1.20. The van der Waals surface area contributed by atoms with Crippen LogP contribution in [0.2, 0.25) is 0 Å². The number of esters is 1. The summed E-state index contributed by atoms with van der Waals surface area (Å²) in [6.07, 6.45) is 3.94. The average molecular weight is 517 g/mol. The summed E-state index contributed by atoms with van der Waals surface area (Å²) in [5.74, 6) is -1.07. The monoisotopic (exact) mass is 516 g/mol. The normalized spacial score (nSPS) is 18.5. The fourth-order valence-corrected chi connectivity index (χ4v) is 4.50. The molecule has 4 rings (SSSR count). The van der Waals surface area contributed by atoms with Gasteiger partial charge < -0.3 is 19.5 Å². The smallest absolute Gasteiger partial charge is 0.338 e. The molecule has 1 saturated carbocycles. The molecule has 33 heavy (non-hydrogen) atoms. The first-order chi connectivity index (χ1) is 15.6. The first-order valence-corrected chi connectivity index (χ1v) is 12.0. The zero-order valence-corrected chi connectivity index (χ0v) is 20.7. The molecule has 1 aliphatic carbocycles. The Morgan fingerprint density at radius 3 is 2.39 bits per heavy atom. The summed E-state index contributed by atoms with van der Waals surface area (Å²) in [6, 6.07) is 10.5. The van der Waals surface area contributed by atoms with E-state index >= 15 is 0 Å². The van der Waals surface area contributed by atoms with Crippen molar-refractivity contribution in [2.45, 2.75) is 57.3 Å². The van der Waals surface area contributed by atoms with E-state index in [-0.39, 0.29) is 5.91 Å². The number of carbonyl (C=O) groups is 2. The third-order valence-corrected chi connectivity index (χ3v) is 6.26. The molecule has 1 atom stereocenters. The molecule has 1 aromatic heterocycles. The highest BCUT2D eigenvalue weighted by molar-refractivity contribution is 9.10. The Bertz CT molecular complexity index is 987. The predicted molar refractivity (Wildman–Crippen MR) is 127 cm³/mol. The Hall–Kier alpha value is -2.29. The van der Waals surface area contributed by atoms with E-state index in [0.717, 1.165) is 23.0 Å². The van der Waals surface area contributed by atoms with Gasteiger partial charge in [-0.1, -0.05) is 0 Å². The van der Waals surface area contributed by atoms with Crippen molar-refractivity contribution < 1.29 is 23.8 Å². The molecule has 8 heteroatoms. The molecule has 2 fully saturated rings. The minimum Gasteiger partial charge on any atom is -0.456 e. The maximum atomic E-state index is 13.3. The summed E-state index contributed by atoms with van der Waals surface area (Å²) < 4.78 is 17.7. The first-order valence-electron chi connectivity index (χ1n) is 11.2. The first kappa shape index (κ1) is 23.9. The topological polar surface area (TPSA) is 86.8 Å². The minimum absolute atomic E-state index is 0.135. The second-order valence-electron chi connectivity index (χ2n) is 9.64. The summed E-state index contributed by atoms with van der Waals surface area (Å²) >= 11 is 3.40. The van der Waals surface area contributed by atoms with Gasteiger partial charge in [0.15, 0.2) is 5.79 Å². The summed E-state index contributed by atoms with van der Waals surface area (Å²) in [6.45, 7) is 6.73. The van der Waals surface area contributed by atoms with E-state index in [4.69, 9.17) is 14.2 Å². The van der Waals surface area contributed by atoms with Crippen LogP contribution in [0.4, 0.5) is 5.69 Å². The minimum atomic E-state index is -0.566.